The van der Waals surface area contributed by atoms with E-state index in [1.165, 1.54) is 13.0 Å². The normalized spacial score (nSPS) is 11.0. The van der Waals surface area contributed by atoms with E-state index in [9.17, 15) is 26.7 Å². The Morgan fingerprint density at radius 3 is 2.43 bits per heavy atom. The number of nitrogens with zero attached hydrogens (tertiary/aromatic N) is 1. The predicted molar refractivity (Wildman–Crippen MR) is 64.8 cm³/mol. The number of hydrogen-bond acceptors (Lipinski definition) is 5. The van der Waals surface area contributed by atoms with Crippen LogP contribution in [0.15, 0.2) is 12.1 Å². The Labute approximate surface area is 127 Å². The Morgan fingerprint density at radius 2 is 1.96 bits per heavy atom. The van der Waals surface area contributed by atoms with Crippen molar-refractivity contribution in [1.29, 1.82) is 5.26 Å². The fourth-order valence-corrected chi connectivity index (χ4v) is 1.63. The van der Waals surface area contributed by atoms with Crippen LogP contribution in [-0.4, -0.2) is 25.6 Å². The minimum Gasteiger partial charge on any atom is -0.466 e. The first-order chi connectivity index (χ1) is 10.7. The molecule has 126 valence electrons. The van der Waals surface area contributed by atoms with E-state index < -0.39 is 48.0 Å². The standard InChI is InChI=1S/C13H10F5NO4/c1-2-21-9(20)5-7-3-4-8(6-19)10(22-12(14)15)11(7)23-13(16,17)18/h3-4,12H,2,5H2,1H3. The van der Waals surface area contributed by atoms with E-state index in [0.717, 1.165) is 12.1 Å². The van der Waals surface area contributed by atoms with Gasteiger partial charge in [-0.25, -0.2) is 0 Å². The Kier molecular flexibility index (Phi) is 6.12. The molecule has 0 unspecified atom stereocenters. The Balaban J connectivity index is 3.38. The van der Waals surface area contributed by atoms with E-state index in [2.05, 4.69) is 14.2 Å². The van der Waals surface area contributed by atoms with E-state index >= 15 is 0 Å². The molecule has 0 aliphatic carbocycles. The molecule has 1 aromatic carbocycles. The van der Waals surface area contributed by atoms with Crippen LogP contribution in [0.25, 0.3) is 0 Å². The van der Waals surface area contributed by atoms with E-state index in [1.54, 1.807) is 0 Å². The van der Waals surface area contributed by atoms with Crippen molar-refractivity contribution in [3.63, 3.8) is 0 Å². The third-order valence-electron chi connectivity index (χ3n) is 2.38. The van der Waals surface area contributed by atoms with Crippen LogP contribution in [-0.2, 0) is 16.0 Å². The summed E-state index contributed by atoms with van der Waals surface area (Å²) in [6.45, 7) is -2.03. The summed E-state index contributed by atoms with van der Waals surface area (Å²) in [6, 6.07) is 3.32. The van der Waals surface area contributed by atoms with E-state index in [-0.39, 0.29) is 6.61 Å². The predicted octanol–water partition coefficient (Wildman–Crippen LogP) is 3.16. The molecule has 0 fully saturated rings. The number of rotatable bonds is 6. The molecule has 0 aliphatic rings. The first-order valence-electron chi connectivity index (χ1n) is 6.10. The molecule has 0 N–H and O–H groups in total. The lowest BCUT2D eigenvalue weighted by Crippen LogP contribution is -2.20. The lowest BCUT2D eigenvalue weighted by molar-refractivity contribution is -0.275. The second kappa shape index (κ2) is 7.62. The first kappa shape index (κ1) is 18.5. The zero-order valence-corrected chi connectivity index (χ0v) is 11.6. The number of ether oxygens (including phenoxy) is 3. The van der Waals surface area contributed by atoms with Crippen LogP contribution in [0.2, 0.25) is 0 Å². The van der Waals surface area contributed by atoms with Crippen molar-refractivity contribution in [3.05, 3.63) is 23.3 Å². The summed E-state index contributed by atoms with van der Waals surface area (Å²) in [5, 5.41) is 8.81. The molecular weight excluding hydrogens is 329 g/mol. The summed E-state index contributed by atoms with van der Waals surface area (Å²) >= 11 is 0. The number of esters is 1. The Hall–Kier alpha value is -2.57. The topological polar surface area (TPSA) is 68.6 Å². The largest absolute Gasteiger partial charge is 0.573 e. The second-order valence-corrected chi connectivity index (χ2v) is 3.95. The van der Waals surface area contributed by atoms with Gasteiger partial charge in [-0.1, -0.05) is 6.07 Å². The Morgan fingerprint density at radius 1 is 1.30 bits per heavy atom. The molecule has 0 bridgehead atoms. The first-order valence-corrected chi connectivity index (χ1v) is 6.10. The van der Waals surface area contributed by atoms with Gasteiger partial charge in [0.05, 0.1) is 18.6 Å². The summed E-state index contributed by atoms with van der Waals surface area (Å²) < 4.78 is 74.5. The summed E-state index contributed by atoms with van der Waals surface area (Å²) in [5.41, 5.74) is -1.01. The van der Waals surface area contributed by atoms with Gasteiger partial charge in [-0.05, 0) is 13.0 Å². The highest BCUT2D eigenvalue weighted by atomic mass is 19.4. The fraction of sp³-hybridized carbons (Fsp3) is 0.385. The molecule has 23 heavy (non-hydrogen) atoms. The molecule has 0 saturated carbocycles. The molecule has 0 heterocycles. The van der Waals surface area contributed by atoms with Gasteiger partial charge < -0.3 is 14.2 Å². The van der Waals surface area contributed by atoms with Crippen LogP contribution in [0.4, 0.5) is 22.0 Å². The SMILES string of the molecule is CCOC(=O)Cc1ccc(C#N)c(OC(F)F)c1OC(F)(F)F. The van der Waals surface area contributed by atoms with Crippen molar-refractivity contribution in [1.82, 2.24) is 0 Å². The van der Waals surface area contributed by atoms with Gasteiger partial charge in [-0.3, -0.25) is 4.79 Å². The summed E-state index contributed by atoms with van der Waals surface area (Å²) in [7, 11) is 0. The summed E-state index contributed by atoms with van der Waals surface area (Å²) in [6.07, 6.45) is -5.91. The molecule has 0 radical (unpaired) electrons. The Bertz CT molecular complexity index is 610. The monoisotopic (exact) mass is 339 g/mol. The van der Waals surface area contributed by atoms with Crippen molar-refractivity contribution in [2.45, 2.75) is 26.3 Å². The van der Waals surface area contributed by atoms with Crippen molar-refractivity contribution in [2.75, 3.05) is 6.61 Å². The van der Waals surface area contributed by atoms with E-state index in [1.807, 2.05) is 0 Å². The quantitative estimate of drug-likeness (QED) is 0.588. The zero-order valence-electron chi connectivity index (χ0n) is 11.6. The number of alkyl halides is 5. The number of carbonyl (C=O) groups is 1. The summed E-state index contributed by atoms with van der Waals surface area (Å²) in [4.78, 5) is 11.4. The van der Waals surface area contributed by atoms with Crippen LogP contribution in [0.3, 0.4) is 0 Å². The van der Waals surface area contributed by atoms with Gasteiger partial charge in [0.2, 0.25) is 0 Å². The second-order valence-electron chi connectivity index (χ2n) is 3.95. The average Bonchev–Trinajstić information content (AvgIpc) is 2.41. The number of nitriles is 1. The lowest BCUT2D eigenvalue weighted by Gasteiger charge is -2.18. The molecular formula is C13H10F5NO4. The van der Waals surface area contributed by atoms with Crippen molar-refractivity contribution in [2.24, 2.45) is 0 Å². The highest BCUT2D eigenvalue weighted by Gasteiger charge is 2.35. The molecule has 0 amide bonds. The number of halogens is 5. The maximum absolute atomic E-state index is 12.5. The molecule has 1 aromatic rings. The van der Waals surface area contributed by atoms with Crippen LogP contribution < -0.4 is 9.47 Å². The maximum atomic E-state index is 12.5. The third kappa shape index (κ3) is 5.61. The van der Waals surface area contributed by atoms with Crippen LogP contribution >= 0.6 is 0 Å². The maximum Gasteiger partial charge on any atom is 0.573 e. The molecule has 0 spiro atoms. The van der Waals surface area contributed by atoms with Gasteiger partial charge >= 0.3 is 18.9 Å². The van der Waals surface area contributed by atoms with Gasteiger partial charge in [0.1, 0.15) is 6.07 Å². The van der Waals surface area contributed by atoms with Gasteiger partial charge in [0.25, 0.3) is 0 Å². The van der Waals surface area contributed by atoms with Gasteiger partial charge in [0, 0.05) is 5.56 Å². The molecule has 0 aliphatic heterocycles. The minimum atomic E-state index is -5.24. The molecule has 0 aromatic heterocycles. The smallest absolute Gasteiger partial charge is 0.466 e. The highest BCUT2D eigenvalue weighted by Crippen LogP contribution is 2.39. The van der Waals surface area contributed by atoms with Gasteiger partial charge in [-0.15, -0.1) is 13.2 Å². The summed E-state index contributed by atoms with van der Waals surface area (Å²) in [5.74, 6) is -3.17. The van der Waals surface area contributed by atoms with Gasteiger partial charge in [-0.2, -0.15) is 14.0 Å². The van der Waals surface area contributed by atoms with Gasteiger partial charge in [0.15, 0.2) is 11.5 Å². The zero-order chi connectivity index (χ0) is 17.6. The van der Waals surface area contributed by atoms with Crippen LogP contribution in [0.5, 0.6) is 11.5 Å². The highest BCUT2D eigenvalue weighted by molar-refractivity contribution is 5.75. The van der Waals surface area contributed by atoms with Crippen molar-refractivity contribution in [3.8, 4) is 17.6 Å². The van der Waals surface area contributed by atoms with Crippen molar-refractivity contribution < 1.29 is 41.0 Å². The molecule has 10 heteroatoms. The molecule has 1 rings (SSSR count). The van der Waals surface area contributed by atoms with Crippen LogP contribution in [0, 0.1) is 11.3 Å². The van der Waals surface area contributed by atoms with Crippen LogP contribution in [0.1, 0.15) is 18.1 Å². The van der Waals surface area contributed by atoms with Crippen molar-refractivity contribution >= 4 is 5.97 Å². The van der Waals surface area contributed by atoms with E-state index in [0.29, 0.717) is 0 Å². The third-order valence-corrected chi connectivity index (χ3v) is 2.38. The molecule has 5 nitrogen and oxygen atoms in total. The lowest BCUT2D eigenvalue weighted by atomic mass is 10.1. The van der Waals surface area contributed by atoms with E-state index in [4.69, 9.17) is 5.26 Å². The fourth-order valence-electron chi connectivity index (χ4n) is 1.63. The number of hydrogen-bond donors (Lipinski definition) is 0. The number of benzene rings is 1. The molecule has 0 saturated heterocycles. The molecule has 0 atom stereocenters. The average molecular weight is 339 g/mol. The number of carbonyl (C=O) groups excluding carboxylic acids is 1. The minimum absolute atomic E-state index is 0.0229.